The highest BCUT2D eigenvalue weighted by Crippen LogP contribution is 2.68. The van der Waals surface area contributed by atoms with E-state index in [4.69, 9.17) is 11.8 Å². The molecule has 0 bridgehead atoms. The quantitative estimate of drug-likeness (QED) is 0.523. The highest BCUT2D eigenvalue weighted by atomic mass is 33.5. The van der Waals surface area contributed by atoms with Crippen LogP contribution in [0, 0.1) is 0 Å². The van der Waals surface area contributed by atoms with Gasteiger partial charge >= 0.3 is 0 Å². The van der Waals surface area contributed by atoms with Crippen LogP contribution in [0.3, 0.4) is 0 Å². The van der Waals surface area contributed by atoms with E-state index in [9.17, 15) is 0 Å². The SMILES string of the molecule is CC(C)SP(=S)(S)S. The van der Waals surface area contributed by atoms with E-state index < -0.39 is 3.64 Å². The maximum Gasteiger partial charge on any atom is 0.103 e. The zero-order valence-electron chi connectivity index (χ0n) is 4.74. The highest BCUT2D eigenvalue weighted by Gasteiger charge is 2.06. The third-order valence-electron chi connectivity index (χ3n) is 0.348. The Bertz CT molecular complexity index is 104. The van der Waals surface area contributed by atoms with Gasteiger partial charge in [0.25, 0.3) is 0 Å². The van der Waals surface area contributed by atoms with Crippen molar-refractivity contribution in [1.29, 1.82) is 0 Å². The van der Waals surface area contributed by atoms with E-state index in [1.54, 1.807) is 11.4 Å². The molecule has 0 heterocycles. The lowest BCUT2D eigenvalue weighted by Gasteiger charge is -2.08. The Labute approximate surface area is 70.3 Å². The summed E-state index contributed by atoms with van der Waals surface area (Å²) in [6.45, 7) is 4.19. The molecule has 0 nitrogen and oxygen atoms in total. The van der Waals surface area contributed by atoms with Crippen molar-refractivity contribution in [2.24, 2.45) is 0 Å². The first-order valence-corrected chi connectivity index (χ1v) is 8.75. The smallest absolute Gasteiger partial charge is 0.103 e. The minimum atomic E-state index is -1.58. The van der Waals surface area contributed by atoms with Crippen LogP contribution in [0.4, 0.5) is 0 Å². The van der Waals surface area contributed by atoms with Gasteiger partial charge in [-0.15, -0.1) is 35.9 Å². The van der Waals surface area contributed by atoms with E-state index in [0.29, 0.717) is 5.25 Å². The second kappa shape index (κ2) is 3.77. The topological polar surface area (TPSA) is 0 Å². The van der Waals surface area contributed by atoms with Gasteiger partial charge in [0.05, 0.1) is 0 Å². The zero-order chi connectivity index (χ0) is 6.78. The highest BCUT2D eigenvalue weighted by molar-refractivity contribution is 9.17. The van der Waals surface area contributed by atoms with Crippen molar-refractivity contribution in [1.82, 2.24) is 0 Å². The second-order valence-corrected chi connectivity index (χ2v) is 16.2. The van der Waals surface area contributed by atoms with E-state index in [1.807, 2.05) is 0 Å². The Kier molecular flexibility index (Phi) is 4.57. The van der Waals surface area contributed by atoms with Crippen LogP contribution in [-0.4, -0.2) is 5.25 Å². The van der Waals surface area contributed by atoms with E-state index in [1.165, 1.54) is 0 Å². The van der Waals surface area contributed by atoms with Crippen molar-refractivity contribution in [2.75, 3.05) is 0 Å². The van der Waals surface area contributed by atoms with Crippen LogP contribution < -0.4 is 0 Å². The molecule has 0 N–H and O–H groups in total. The van der Waals surface area contributed by atoms with Crippen molar-refractivity contribution in [3.63, 3.8) is 0 Å². The van der Waals surface area contributed by atoms with Crippen LogP contribution in [-0.2, 0) is 11.8 Å². The molecule has 0 unspecified atom stereocenters. The summed E-state index contributed by atoms with van der Waals surface area (Å²) in [4.78, 5) is 0. The molecule has 0 rings (SSSR count). The van der Waals surface area contributed by atoms with Gasteiger partial charge in [-0.1, -0.05) is 25.7 Å². The molecule has 0 aromatic carbocycles. The van der Waals surface area contributed by atoms with Crippen molar-refractivity contribution in [3.8, 4) is 0 Å². The predicted octanol–water partition coefficient (Wildman–Crippen LogP) is 3.21. The van der Waals surface area contributed by atoms with Gasteiger partial charge < -0.3 is 0 Å². The molecule has 5 heteroatoms. The molecule has 8 heavy (non-hydrogen) atoms. The number of hydrogen-bond acceptors (Lipinski definition) is 2. The minimum Gasteiger partial charge on any atom is -0.122 e. The summed E-state index contributed by atoms with van der Waals surface area (Å²) in [6, 6.07) is 0. The van der Waals surface area contributed by atoms with E-state index in [2.05, 4.69) is 38.3 Å². The van der Waals surface area contributed by atoms with Crippen molar-refractivity contribution in [3.05, 3.63) is 0 Å². The molecule has 0 spiro atoms. The number of thiol groups is 2. The van der Waals surface area contributed by atoms with Crippen LogP contribution in [0.15, 0.2) is 0 Å². The summed E-state index contributed by atoms with van der Waals surface area (Å²) in [5.74, 6) is 0. The van der Waals surface area contributed by atoms with Gasteiger partial charge in [0.2, 0.25) is 0 Å². The fourth-order valence-corrected chi connectivity index (χ4v) is 7.41. The summed E-state index contributed by atoms with van der Waals surface area (Å²) in [6.07, 6.45) is 0. The Morgan fingerprint density at radius 3 is 1.88 bits per heavy atom. The van der Waals surface area contributed by atoms with E-state index in [-0.39, 0.29) is 0 Å². The van der Waals surface area contributed by atoms with E-state index >= 15 is 0 Å². The Morgan fingerprint density at radius 2 is 1.88 bits per heavy atom. The molecule has 0 amide bonds. The van der Waals surface area contributed by atoms with Gasteiger partial charge in [-0.3, -0.25) is 0 Å². The van der Waals surface area contributed by atoms with Gasteiger partial charge in [-0.25, -0.2) is 0 Å². The molecule has 0 saturated carbocycles. The van der Waals surface area contributed by atoms with Crippen molar-refractivity contribution in [2.45, 2.75) is 19.1 Å². The van der Waals surface area contributed by atoms with Gasteiger partial charge in [0.15, 0.2) is 0 Å². The summed E-state index contributed by atoms with van der Waals surface area (Å²) in [5.41, 5.74) is 0. The molecule has 0 radical (unpaired) electrons. The average molecular weight is 204 g/mol. The second-order valence-electron chi connectivity index (χ2n) is 1.64. The third kappa shape index (κ3) is 7.70. The molecule has 0 fully saturated rings. The zero-order valence-corrected chi connectivity index (χ0v) is 9.05. The molecule has 0 aromatic rings. The lowest BCUT2D eigenvalue weighted by Crippen LogP contribution is -1.79. The first kappa shape index (κ1) is 9.70. The molecular weight excluding hydrogens is 195 g/mol. The van der Waals surface area contributed by atoms with Crippen molar-refractivity contribution < 1.29 is 0 Å². The first-order valence-electron chi connectivity index (χ1n) is 2.16. The Hall–Kier alpha value is 1.70. The largest absolute Gasteiger partial charge is 0.122 e. The van der Waals surface area contributed by atoms with Crippen LogP contribution in [0.25, 0.3) is 0 Å². The average Bonchev–Trinajstić information content (AvgIpc) is 1.21. The summed E-state index contributed by atoms with van der Waals surface area (Å²) >= 11 is 14.9. The first-order chi connectivity index (χ1) is 3.42. The Balaban J connectivity index is 3.56. The lowest BCUT2D eigenvalue weighted by atomic mass is 10.6. The van der Waals surface area contributed by atoms with Gasteiger partial charge in [0.1, 0.15) is 3.64 Å². The number of hydrogen-bond donors (Lipinski definition) is 2. The fourth-order valence-electron chi connectivity index (χ4n) is 0.275. The lowest BCUT2D eigenvalue weighted by molar-refractivity contribution is 1.12. The molecule has 0 atom stereocenters. The third-order valence-corrected chi connectivity index (χ3v) is 5.60. The summed E-state index contributed by atoms with van der Waals surface area (Å²) in [5, 5.41) is 0.552. The van der Waals surface area contributed by atoms with Crippen LogP contribution in [0.1, 0.15) is 13.8 Å². The van der Waals surface area contributed by atoms with Gasteiger partial charge in [-0.05, 0) is 0 Å². The molecule has 0 aliphatic heterocycles. The standard InChI is InChI=1S/C3H9PS4/c1-3(2)8-4(5,6)7/h3H,1-2H3,(H2,5,6,7). The van der Waals surface area contributed by atoms with Gasteiger partial charge in [0, 0.05) is 5.25 Å². The molecule has 0 aliphatic rings. The number of rotatable bonds is 2. The monoisotopic (exact) mass is 204 g/mol. The minimum absolute atomic E-state index is 0.552. The molecular formula is C3H9PS4. The maximum absolute atomic E-state index is 4.96. The normalized spacial score (nSPS) is 12.6. The van der Waals surface area contributed by atoms with Gasteiger partial charge in [-0.2, -0.15) is 0 Å². The summed E-state index contributed by atoms with van der Waals surface area (Å²) < 4.78 is -1.58. The summed E-state index contributed by atoms with van der Waals surface area (Å²) in [7, 11) is 0. The Morgan fingerprint density at radius 1 is 1.50 bits per heavy atom. The van der Waals surface area contributed by atoms with Crippen molar-refractivity contribution >= 4 is 51.3 Å². The van der Waals surface area contributed by atoms with E-state index in [0.717, 1.165) is 0 Å². The molecule has 50 valence electrons. The van der Waals surface area contributed by atoms with Crippen LogP contribution >= 0.6 is 39.5 Å². The molecule has 0 aromatic heterocycles. The van der Waals surface area contributed by atoms with Crippen LogP contribution in [0.2, 0.25) is 0 Å². The molecule has 0 saturated heterocycles. The maximum atomic E-state index is 4.96. The van der Waals surface area contributed by atoms with Crippen LogP contribution in [0.5, 0.6) is 0 Å². The predicted molar refractivity (Wildman–Crippen MR) is 55.0 cm³/mol. The fraction of sp³-hybridized carbons (Fsp3) is 1.00. The molecule has 0 aliphatic carbocycles.